The van der Waals surface area contributed by atoms with Gasteiger partial charge in [-0.1, -0.05) is 29.8 Å². The number of benzene rings is 2. The molecule has 24 heavy (non-hydrogen) atoms. The van der Waals surface area contributed by atoms with Gasteiger partial charge in [0.1, 0.15) is 11.7 Å². The predicted molar refractivity (Wildman–Crippen MR) is 89.9 cm³/mol. The van der Waals surface area contributed by atoms with Gasteiger partial charge in [-0.3, -0.25) is 9.59 Å². The second kappa shape index (κ2) is 6.83. The molecule has 2 aromatic carbocycles. The number of nitrogens with zero attached hydrogens (tertiary/aromatic N) is 1. The zero-order valence-electron chi connectivity index (χ0n) is 13.5. The van der Waals surface area contributed by atoms with Crippen LogP contribution in [0.5, 0.6) is 0 Å². The number of carbonyl (C=O) groups is 2. The summed E-state index contributed by atoms with van der Waals surface area (Å²) >= 11 is 0. The third-order valence-corrected chi connectivity index (χ3v) is 4.22. The molecule has 1 heterocycles. The highest BCUT2D eigenvalue weighted by Gasteiger charge is 2.37. The van der Waals surface area contributed by atoms with Gasteiger partial charge in [-0.15, -0.1) is 0 Å². The summed E-state index contributed by atoms with van der Waals surface area (Å²) in [6.45, 7) is 2.73. The van der Waals surface area contributed by atoms with Crippen molar-refractivity contribution in [2.24, 2.45) is 5.92 Å². The molecule has 1 saturated heterocycles. The van der Waals surface area contributed by atoms with Crippen LogP contribution in [0.2, 0.25) is 0 Å². The Labute approximate surface area is 140 Å². The molecule has 1 atom stereocenters. The molecule has 0 saturated carbocycles. The Hall–Kier alpha value is -2.69. The van der Waals surface area contributed by atoms with E-state index in [9.17, 15) is 14.0 Å². The van der Waals surface area contributed by atoms with Gasteiger partial charge in [-0.2, -0.15) is 0 Å². The number of carbonyl (C=O) groups excluding carboxylic acids is 2. The van der Waals surface area contributed by atoms with Crippen molar-refractivity contribution in [3.63, 3.8) is 0 Å². The third kappa shape index (κ3) is 3.45. The van der Waals surface area contributed by atoms with Crippen molar-refractivity contribution in [1.29, 1.82) is 0 Å². The molecule has 5 heteroatoms. The number of amides is 2. The smallest absolute Gasteiger partial charge is 0.239 e. The Bertz CT molecular complexity index is 758. The molecule has 2 amide bonds. The summed E-state index contributed by atoms with van der Waals surface area (Å²) in [4.78, 5) is 26.4. The van der Waals surface area contributed by atoms with Gasteiger partial charge in [0, 0.05) is 18.8 Å². The van der Waals surface area contributed by atoms with Crippen LogP contribution in [0.4, 0.5) is 10.1 Å². The van der Waals surface area contributed by atoms with Gasteiger partial charge >= 0.3 is 0 Å². The highest BCUT2D eigenvalue weighted by atomic mass is 19.1. The minimum atomic E-state index is -0.681. The van der Waals surface area contributed by atoms with Gasteiger partial charge in [-0.05, 0) is 43.2 Å². The van der Waals surface area contributed by atoms with Gasteiger partial charge in [0.05, 0.1) is 0 Å². The van der Waals surface area contributed by atoms with E-state index in [-0.39, 0.29) is 24.2 Å². The molecule has 0 radical (unpaired) electrons. The maximum Gasteiger partial charge on any atom is 0.239 e. The van der Waals surface area contributed by atoms with E-state index in [4.69, 9.17) is 0 Å². The van der Waals surface area contributed by atoms with Crippen molar-refractivity contribution in [1.82, 2.24) is 5.32 Å². The maximum atomic E-state index is 13.1. The lowest BCUT2D eigenvalue weighted by Crippen LogP contribution is -2.36. The molecule has 1 aliphatic heterocycles. The molecular formula is C19H19FN2O2. The van der Waals surface area contributed by atoms with Gasteiger partial charge in [0.25, 0.3) is 0 Å². The maximum absolute atomic E-state index is 13.1. The van der Waals surface area contributed by atoms with Crippen LogP contribution >= 0.6 is 0 Å². The topological polar surface area (TPSA) is 49.4 Å². The molecule has 124 valence electrons. The number of nitrogens with one attached hydrogen (secondary N) is 1. The summed E-state index contributed by atoms with van der Waals surface area (Å²) in [6.07, 6.45) is 0.488. The van der Waals surface area contributed by atoms with E-state index in [1.54, 1.807) is 17.0 Å². The highest BCUT2D eigenvalue weighted by Crippen LogP contribution is 2.25. The Kier molecular flexibility index (Phi) is 4.60. The van der Waals surface area contributed by atoms with Gasteiger partial charge in [0.15, 0.2) is 0 Å². The second-order valence-corrected chi connectivity index (χ2v) is 6.01. The molecule has 4 nitrogen and oxygen atoms in total. The SMILES string of the molecule is Cc1ccc(N2CC[C@H](C(=O)NCc3cccc(F)c3)C2=O)cc1. The van der Waals surface area contributed by atoms with E-state index in [0.717, 1.165) is 11.3 Å². The molecule has 3 rings (SSSR count). The van der Waals surface area contributed by atoms with Crippen molar-refractivity contribution < 1.29 is 14.0 Å². The zero-order valence-corrected chi connectivity index (χ0v) is 13.5. The minimum Gasteiger partial charge on any atom is -0.351 e. The van der Waals surface area contributed by atoms with Gasteiger partial charge < -0.3 is 10.2 Å². The van der Waals surface area contributed by atoms with E-state index in [1.165, 1.54) is 12.1 Å². The summed E-state index contributed by atoms with van der Waals surface area (Å²) in [5.41, 5.74) is 2.60. The fourth-order valence-corrected chi connectivity index (χ4v) is 2.86. The third-order valence-electron chi connectivity index (χ3n) is 4.22. The predicted octanol–water partition coefficient (Wildman–Crippen LogP) is 2.80. The number of rotatable bonds is 4. The van der Waals surface area contributed by atoms with E-state index < -0.39 is 5.92 Å². The average molecular weight is 326 g/mol. The molecule has 0 spiro atoms. The molecule has 0 aromatic heterocycles. The van der Waals surface area contributed by atoms with Crippen LogP contribution < -0.4 is 10.2 Å². The van der Waals surface area contributed by atoms with E-state index in [2.05, 4.69) is 5.32 Å². The van der Waals surface area contributed by atoms with Gasteiger partial charge in [0.2, 0.25) is 11.8 Å². The zero-order chi connectivity index (χ0) is 17.1. The van der Waals surface area contributed by atoms with E-state index in [0.29, 0.717) is 18.5 Å². The van der Waals surface area contributed by atoms with Crippen LogP contribution in [0.3, 0.4) is 0 Å². The van der Waals surface area contributed by atoms with Crippen molar-refractivity contribution in [2.45, 2.75) is 19.9 Å². The number of halogens is 1. The lowest BCUT2D eigenvalue weighted by molar-refractivity contribution is -0.132. The first-order chi connectivity index (χ1) is 11.5. The Morgan fingerprint density at radius 3 is 2.71 bits per heavy atom. The molecule has 1 N–H and O–H groups in total. The van der Waals surface area contributed by atoms with Gasteiger partial charge in [-0.25, -0.2) is 4.39 Å². The summed E-state index contributed by atoms with van der Waals surface area (Å²) < 4.78 is 13.1. The molecule has 1 fully saturated rings. The molecule has 1 aliphatic rings. The van der Waals surface area contributed by atoms with Crippen molar-refractivity contribution in [3.8, 4) is 0 Å². The summed E-state index contributed by atoms with van der Waals surface area (Å²) in [5, 5.41) is 2.73. The van der Waals surface area contributed by atoms with Crippen LogP contribution in [0.15, 0.2) is 48.5 Å². The van der Waals surface area contributed by atoms with Crippen molar-refractivity contribution in [3.05, 3.63) is 65.5 Å². The first kappa shape index (κ1) is 16.2. The number of hydrogen-bond donors (Lipinski definition) is 1. The highest BCUT2D eigenvalue weighted by molar-refractivity contribution is 6.09. The molecule has 2 aromatic rings. The molecule has 0 unspecified atom stereocenters. The normalized spacial score (nSPS) is 17.2. The quantitative estimate of drug-likeness (QED) is 0.879. The number of hydrogen-bond acceptors (Lipinski definition) is 2. The largest absolute Gasteiger partial charge is 0.351 e. The Morgan fingerprint density at radius 2 is 2.00 bits per heavy atom. The van der Waals surface area contributed by atoms with Crippen molar-refractivity contribution in [2.75, 3.05) is 11.4 Å². The number of aryl methyl sites for hydroxylation is 1. The van der Waals surface area contributed by atoms with Crippen LogP contribution in [0.1, 0.15) is 17.5 Å². The van der Waals surface area contributed by atoms with Crippen LogP contribution in [0, 0.1) is 18.7 Å². The fraction of sp³-hybridized carbons (Fsp3) is 0.263. The Balaban J connectivity index is 1.62. The monoisotopic (exact) mass is 326 g/mol. The summed E-state index contributed by atoms with van der Waals surface area (Å²) in [7, 11) is 0. The number of anilines is 1. The van der Waals surface area contributed by atoms with Crippen LogP contribution in [-0.4, -0.2) is 18.4 Å². The lowest BCUT2D eigenvalue weighted by Gasteiger charge is -2.17. The lowest BCUT2D eigenvalue weighted by atomic mass is 10.1. The van der Waals surface area contributed by atoms with Crippen LogP contribution in [-0.2, 0) is 16.1 Å². The fourth-order valence-electron chi connectivity index (χ4n) is 2.86. The summed E-state index contributed by atoms with van der Waals surface area (Å²) in [5.74, 6) is -1.52. The first-order valence-corrected chi connectivity index (χ1v) is 7.95. The van der Waals surface area contributed by atoms with E-state index >= 15 is 0 Å². The minimum absolute atomic E-state index is 0.185. The molecule has 0 aliphatic carbocycles. The average Bonchev–Trinajstić information content (AvgIpc) is 2.95. The standard InChI is InChI=1S/C19H19FN2O2/c1-13-5-7-16(8-6-13)22-10-9-17(19(22)24)18(23)21-12-14-3-2-4-15(20)11-14/h2-8,11,17H,9-10,12H2,1H3,(H,21,23)/t17-/m1/s1. The first-order valence-electron chi connectivity index (χ1n) is 7.95. The van der Waals surface area contributed by atoms with Crippen LogP contribution in [0.25, 0.3) is 0 Å². The van der Waals surface area contributed by atoms with Crippen molar-refractivity contribution >= 4 is 17.5 Å². The molecule has 0 bridgehead atoms. The second-order valence-electron chi connectivity index (χ2n) is 6.01. The molecular weight excluding hydrogens is 307 g/mol. The Morgan fingerprint density at radius 1 is 1.25 bits per heavy atom. The summed E-state index contributed by atoms with van der Waals surface area (Å²) in [6, 6.07) is 13.7. The van der Waals surface area contributed by atoms with E-state index in [1.807, 2.05) is 31.2 Å².